The first-order valence-electron chi connectivity index (χ1n) is 11.6. The van der Waals surface area contributed by atoms with Crippen molar-refractivity contribution in [2.24, 2.45) is 0 Å². The Hall–Kier alpha value is -3.24. The lowest BCUT2D eigenvalue weighted by Gasteiger charge is -2.07. The van der Waals surface area contributed by atoms with Gasteiger partial charge in [0.2, 0.25) is 22.2 Å². The molecular weight excluding hydrogens is 504 g/mol. The van der Waals surface area contributed by atoms with Gasteiger partial charge in [-0.05, 0) is 47.5 Å². The molecule has 0 saturated heterocycles. The van der Waals surface area contributed by atoms with Crippen LogP contribution in [-0.4, -0.2) is 33.6 Å². The Morgan fingerprint density at radius 1 is 0.611 bits per heavy atom. The van der Waals surface area contributed by atoms with Gasteiger partial charge in [-0.2, -0.15) is 0 Å². The molecule has 0 radical (unpaired) electrons. The number of rotatable bonds is 11. The number of hydrogen-bond acceptors (Lipinski definition) is 8. The van der Waals surface area contributed by atoms with Gasteiger partial charge in [-0.3, -0.25) is 0 Å². The van der Waals surface area contributed by atoms with Crippen molar-refractivity contribution in [2.45, 2.75) is 38.5 Å². The summed E-state index contributed by atoms with van der Waals surface area (Å²) in [5.41, 5.74) is 0.863. The standard InChI is InChI=1S/C26H26O8S2/c27-25(19-7-9-21-17-35(29)33-15-23(21)13-19)31-11-5-3-1-2-4-6-12-32-26(28)20-8-10-22-18-36(30)34-16-24(22)14-20/h7-10,13-18H,1-6,11-12H2. The quantitative estimate of drug-likeness (QED) is 0.317. The summed E-state index contributed by atoms with van der Waals surface area (Å²) >= 11 is -2.95. The van der Waals surface area contributed by atoms with Crippen LogP contribution in [0.25, 0.3) is 23.3 Å². The van der Waals surface area contributed by atoms with Gasteiger partial charge in [0.05, 0.1) is 35.2 Å². The Kier molecular flexibility index (Phi) is 9.07. The zero-order chi connectivity index (χ0) is 25.3. The highest BCUT2D eigenvalue weighted by molar-refractivity contribution is 7.88. The molecule has 2 unspecified atom stereocenters. The summed E-state index contributed by atoms with van der Waals surface area (Å²) in [6.07, 6.45) is 8.20. The van der Waals surface area contributed by atoms with E-state index in [1.165, 1.54) is 23.3 Å². The molecule has 0 saturated carbocycles. The van der Waals surface area contributed by atoms with E-state index in [2.05, 4.69) is 0 Å². The van der Waals surface area contributed by atoms with Gasteiger partial charge < -0.3 is 17.8 Å². The predicted octanol–water partition coefficient (Wildman–Crippen LogP) is 1.38. The molecule has 2 heterocycles. The van der Waals surface area contributed by atoms with Crippen molar-refractivity contribution in [3.63, 3.8) is 0 Å². The molecule has 2 atom stereocenters. The second-order valence-electron chi connectivity index (χ2n) is 8.27. The molecule has 0 fully saturated rings. The van der Waals surface area contributed by atoms with Crippen molar-refractivity contribution < 1.29 is 35.8 Å². The smallest absolute Gasteiger partial charge is 0.338 e. The molecule has 2 aromatic carbocycles. The summed E-state index contributed by atoms with van der Waals surface area (Å²) in [6.45, 7) is 0.696. The number of benzene rings is 2. The van der Waals surface area contributed by atoms with Crippen LogP contribution >= 0.6 is 0 Å². The SMILES string of the molecule is O=C(OCCCCCCCCOC(=O)c1ccc2c(c1)=COS(=O)C=2)c1ccc2c(c1)=COS(=O)C=2. The molecule has 0 aromatic heterocycles. The number of fused-ring (bicyclic) bond motifs is 2. The first-order chi connectivity index (χ1) is 17.5. The molecule has 0 spiro atoms. The van der Waals surface area contributed by atoms with Crippen LogP contribution in [0, 0.1) is 0 Å². The lowest BCUT2D eigenvalue weighted by molar-refractivity contribution is 0.0484. The summed E-state index contributed by atoms with van der Waals surface area (Å²) in [7, 11) is 0. The summed E-state index contributed by atoms with van der Waals surface area (Å²) in [6, 6.07) is 10.1. The first-order valence-corrected chi connectivity index (χ1v) is 13.9. The van der Waals surface area contributed by atoms with Crippen LogP contribution in [0.15, 0.2) is 36.4 Å². The van der Waals surface area contributed by atoms with Crippen LogP contribution < -0.4 is 20.9 Å². The third kappa shape index (κ3) is 7.14. The van der Waals surface area contributed by atoms with E-state index in [0.29, 0.717) is 34.8 Å². The molecule has 8 nitrogen and oxygen atoms in total. The predicted molar refractivity (Wildman–Crippen MR) is 136 cm³/mol. The highest BCUT2D eigenvalue weighted by Gasteiger charge is 2.10. The molecule has 0 aliphatic carbocycles. The van der Waals surface area contributed by atoms with Gasteiger partial charge in [-0.15, -0.1) is 0 Å². The van der Waals surface area contributed by atoms with Crippen molar-refractivity contribution in [3.8, 4) is 0 Å². The van der Waals surface area contributed by atoms with E-state index < -0.39 is 34.1 Å². The van der Waals surface area contributed by atoms with Gasteiger partial charge in [-0.1, -0.05) is 37.8 Å². The normalized spacial score (nSPS) is 17.3. The third-order valence-corrected chi connectivity index (χ3v) is 7.10. The average Bonchev–Trinajstić information content (AvgIpc) is 2.88. The molecule has 2 aliphatic rings. The second kappa shape index (κ2) is 12.6. The topological polar surface area (TPSA) is 105 Å². The average molecular weight is 531 g/mol. The number of esters is 2. The van der Waals surface area contributed by atoms with Crippen LogP contribution in [-0.2, 0) is 40.0 Å². The van der Waals surface area contributed by atoms with Crippen molar-refractivity contribution in [2.75, 3.05) is 13.2 Å². The minimum atomic E-state index is -1.47. The lowest BCUT2D eigenvalue weighted by Crippen LogP contribution is -2.29. The van der Waals surface area contributed by atoms with Crippen LogP contribution in [0.4, 0.5) is 0 Å². The van der Waals surface area contributed by atoms with E-state index in [1.54, 1.807) is 36.4 Å². The number of hydrogen-bond donors (Lipinski definition) is 0. The van der Waals surface area contributed by atoms with Crippen LogP contribution in [0.3, 0.4) is 0 Å². The van der Waals surface area contributed by atoms with Crippen molar-refractivity contribution in [1.29, 1.82) is 0 Å². The number of ether oxygens (including phenoxy) is 2. The van der Waals surface area contributed by atoms with Crippen LogP contribution in [0.1, 0.15) is 59.2 Å². The van der Waals surface area contributed by atoms with E-state index >= 15 is 0 Å². The maximum Gasteiger partial charge on any atom is 0.338 e. The summed E-state index contributed by atoms with van der Waals surface area (Å²) in [4.78, 5) is 24.5. The molecule has 2 aromatic rings. The number of unbranched alkanes of at least 4 members (excludes halogenated alkanes) is 5. The Morgan fingerprint density at radius 2 is 1.03 bits per heavy atom. The Labute approximate surface area is 213 Å². The lowest BCUT2D eigenvalue weighted by atomic mass is 10.1. The van der Waals surface area contributed by atoms with E-state index in [-0.39, 0.29) is 0 Å². The van der Waals surface area contributed by atoms with E-state index in [9.17, 15) is 18.0 Å². The van der Waals surface area contributed by atoms with Gasteiger partial charge in [0.25, 0.3) is 0 Å². The zero-order valence-corrected chi connectivity index (χ0v) is 21.1. The van der Waals surface area contributed by atoms with Crippen molar-refractivity contribution >= 4 is 57.4 Å². The Balaban J connectivity index is 1.06. The molecule has 190 valence electrons. The van der Waals surface area contributed by atoms with Crippen LogP contribution in [0.2, 0.25) is 0 Å². The Bertz CT molecular complexity index is 1320. The maximum atomic E-state index is 12.2. The fraction of sp³-hybridized carbons (Fsp3) is 0.308. The first kappa shape index (κ1) is 25.8. The monoisotopic (exact) mass is 530 g/mol. The van der Waals surface area contributed by atoms with E-state index in [4.69, 9.17) is 17.8 Å². The molecule has 0 N–H and O–H groups in total. The van der Waals surface area contributed by atoms with Gasteiger partial charge in [-0.25, -0.2) is 18.0 Å². The van der Waals surface area contributed by atoms with Crippen LogP contribution in [0.5, 0.6) is 0 Å². The summed E-state index contributed by atoms with van der Waals surface area (Å²) in [5, 5.41) is 5.89. The summed E-state index contributed by atoms with van der Waals surface area (Å²) < 4.78 is 43.3. The van der Waals surface area contributed by atoms with Crippen molar-refractivity contribution in [1.82, 2.24) is 0 Å². The molecule has 10 heteroatoms. The number of carbonyl (C=O) groups is 2. The fourth-order valence-corrected chi connectivity index (χ4v) is 5.04. The number of carbonyl (C=O) groups excluding carboxylic acids is 2. The van der Waals surface area contributed by atoms with Gasteiger partial charge >= 0.3 is 11.9 Å². The minimum Gasteiger partial charge on any atom is -0.462 e. The highest BCUT2D eigenvalue weighted by atomic mass is 32.2. The zero-order valence-electron chi connectivity index (χ0n) is 19.5. The van der Waals surface area contributed by atoms with Crippen molar-refractivity contribution in [3.05, 3.63) is 68.4 Å². The third-order valence-electron chi connectivity index (χ3n) is 5.64. The van der Waals surface area contributed by atoms with Gasteiger partial charge in [0.1, 0.15) is 12.5 Å². The van der Waals surface area contributed by atoms with Gasteiger partial charge in [0, 0.05) is 10.4 Å². The fourth-order valence-electron chi connectivity index (χ4n) is 3.69. The molecule has 0 amide bonds. The molecule has 36 heavy (non-hydrogen) atoms. The molecule has 4 rings (SSSR count). The maximum absolute atomic E-state index is 12.2. The second-order valence-corrected chi connectivity index (χ2v) is 10.2. The van der Waals surface area contributed by atoms with E-state index in [1.807, 2.05) is 0 Å². The molecule has 2 aliphatic heterocycles. The summed E-state index contributed by atoms with van der Waals surface area (Å²) in [5.74, 6) is -0.783. The largest absolute Gasteiger partial charge is 0.462 e. The Morgan fingerprint density at radius 3 is 1.47 bits per heavy atom. The molecule has 0 bridgehead atoms. The highest BCUT2D eigenvalue weighted by Crippen LogP contribution is 2.08. The minimum absolute atomic E-state index is 0.348. The molecular formula is C26H26O8S2. The van der Waals surface area contributed by atoms with Gasteiger partial charge in [0.15, 0.2) is 0 Å². The van der Waals surface area contributed by atoms with E-state index in [0.717, 1.165) is 49.0 Å².